The van der Waals surface area contributed by atoms with Crippen LogP contribution in [0.15, 0.2) is 18.3 Å². The number of pyridine rings is 1. The zero-order valence-electron chi connectivity index (χ0n) is 13.0. The molecular formula is C11H11F6N3O4S2. The first-order valence-electron chi connectivity index (χ1n) is 6.15. The minimum absolute atomic E-state index is 0.438. The summed E-state index contributed by atoms with van der Waals surface area (Å²) in [4.78, 5) is 0. The summed E-state index contributed by atoms with van der Waals surface area (Å²) in [6.07, 6.45) is 1.98. The number of nitriles is 1. The molecule has 26 heavy (non-hydrogen) atoms. The Hall–Kier alpha value is -1.92. The van der Waals surface area contributed by atoms with Crippen molar-refractivity contribution in [1.29, 1.82) is 5.26 Å². The number of aromatic nitrogens is 1. The van der Waals surface area contributed by atoms with Gasteiger partial charge in [-0.1, -0.05) is 0 Å². The van der Waals surface area contributed by atoms with E-state index < -0.39 is 31.1 Å². The van der Waals surface area contributed by atoms with E-state index in [9.17, 15) is 43.2 Å². The van der Waals surface area contributed by atoms with Crippen molar-refractivity contribution in [2.75, 3.05) is 0 Å². The normalized spacial score (nSPS) is 12.7. The third kappa shape index (κ3) is 6.77. The van der Waals surface area contributed by atoms with Crippen molar-refractivity contribution >= 4 is 20.0 Å². The van der Waals surface area contributed by atoms with E-state index in [1.165, 1.54) is 5.56 Å². The average molecular weight is 427 g/mol. The van der Waals surface area contributed by atoms with Gasteiger partial charge in [0.1, 0.15) is 6.07 Å². The minimum Gasteiger partial charge on any atom is -0.421 e. The summed E-state index contributed by atoms with van der Waals surface area (Å²) in [7, 11) is -13.4. The van der Waals surface area contributed by atoms with Crippen LogP contribution in [0.4, 0.5) is 26.3 Å². The molecule has 1 rings (SSSR count). The fraction of sp³-hybridized carbons (Fsp3) is 0.455. The highest BCUT2D eigenvalue weighted by atomic mass is 32.3. The van der Waals surface area contributed by atoms with Crippen molar-refractivity contribution < 1.29 is 47.7 Å². The first kappa shape index (κ1) is 24.1. The van der Waals surface area contributed by atoms with E-state index in [0.717, 1.165) is 9.82 Å². The fourth-order valence-electron chi connectivity index (χ4n) is 1.20. The molecule has 1 heterocycles. The van der Waals surface area contributed by atoms with Gasteiger partial charge in [0.2, 0.25) is 6.54 Å². The third-order valence-electron chi connectivity index (χ3n) is 2.42. The Morgan fingerprint density at radius 3 is 1.77 bits per heavy atom. The van der Waals surface area contributed by atoms with Crippen LogP contribution in [0.1, 0.15) is 11.3 Å². The molecule has 0 bridgehead atoms. The van der Waals surface area contributed by atoms with Crippen LogP contribution >= 0.6 is 0 Å². The topological polar surface area (TPSA) is 110 Å². The Balaban J connectivity index is 0.000000502. The SMILES string of the molecule is Cc1ccc(C)[n+](CC#N)c1.O=S(=O)([N-]S(=O)(=O)C(F)(F)F)C(F)(F)F. The van der Waals surface area contributed by atoms with E-state index in [1.807, 2.05) is 36.7 Å². The van der Waals surface area contributed by atoms with Crippen LogP contribution in [-0.4, -0.2) is 27.9 Å². The van der Waals surface area contributed by atoms with Crippen molar-refractivity contribution in [3.63, 3.8) is 0 Å². The largest absolute Gasteiger partial charge is 0.480 e. The molecule has 1 aromatic rings. The Labute approximate surface area is 145 Å². The highest BCUT2D eigenvalue weighted by Gasteiger charge is 2.46. The van der Waals surface area contributed by atoms with Crippen molar-refractivity contribution in [2.24, 2.45) is 0 Å². The highest BCUT2D eigenvalue weighted by Crippen LogP contribution is 2.36. The molecule has 0 N–H and O–H groups in total. The molecule has 0 fully saturated rings. The van der Waals surface area contributed by atoms with Gasteiger partial charge in [-0.2, -0.15) is 36.2 Å². The maximum Gasteiger partial charge on any atom is 0.480 e. The van der Waals surface area contributed by atoms with Gasteiger partial charge in [0, 0.05) is 18.6 Å². The summed E-state index contributed by atoms with van der Waals surface area (Å²) in [6.45, 7) is 4.46. The van der Waals surface area contributed by atoms with Gasteiger partial charge in [-0.15, -0.1) is 0 Å². The third-order valence-corrected chi connectivity index (χ3v) is 5.16. The van der Waals surface area contributed by atoms with Crippen LogP contribution in [0.2, 0.25) is 0 Å². The predicted octanol–water partition coefficient (Wildman–Crippen LogP) is 2.17. The molecule has 0 aromatic carbocycles. The van der Waals surface area contributed by atoms with Crippen molar-refractivity contribution in [3.05, 3.63) is 33.7 Å². The van der Waals surface area contributed by atoms with Crippen molar-refractivity contribution in [2.45, 2.75) is 31.4 Å². The van der Waals surface area contributed by atoms with E-state index in [1.54, 1.807) is 0 Å². The van der Waals surface area contributed by atoms with Crippen LogP contribution in [0.25, 0.3) is 4.13 Å². The average Bonchev–Trinajstić information content (AvgIpc) is 2.40. The van der Waals surface area contributed by atoms with Crippen LogP contribution in [0, 0.1) is 25.2 Å². The highest BCUT2D eigenvalue weighted by molar-refractivity contribution is 8.13. The first-order chi connectivity index (χ1) is 11.4. The van der Waals surface area contributed by atoms with Gasteiger partial charge in [0.15, 0.2) is 31.9 Å². The molecule has 148 valence electrons. The molecule has 7 nitrogen and oxygen atoms in total. The van der Waals surface area contributed by atoms with E-state index in [2.05, 4.69) is 6.07 Å². The standard InChI is InChI=1S/C9H11N2.C2F6NO4S2/c1-8-3-4-9(2)11(7-8)6-5-10;3-1(4,5)14(10,11)9-15(12,13)2(6,7)8/h3-4,7H,6H2,1-2H3;/q+1;-1. The molecule has 1 aromatic heterocycles. The Bertz CT molecular complexity index is 844. The second-order valence-electron chi connectivity index (χ2n) is 4.55. The number of sulfonamides is 2. The van der Waals surface area contributed by atoms with Crippen LogP contribution in [0.3, 0.4) is 0 Å². The van der Waals surface area contributed by atoms with Crippen molar-refractivity contribution in [1.82, 2.24) is 0 Å². The minimum atomic E-state index is -6.72. The molecule has 0 radical (unpaired) electrons. The lowest BCUT2D eigenvalue weighted by Crippen LogP contribution is -2.36. The molecule has 0 atom stereocenters. The molecular weight excluding hydrogens is 416 g/mol. The summed E-state index contributed by atoms with van der Waals surface area (Å²) in [5.74, 6) is 0. The van der Waals surface area contributed by atoms with E-state index in [0.29, 0.717) is 6.54 Å². The molecule has 0 saturated heterocycles. The number of hydrogen-bond acceptors (Lipinski definition) is 5. The number of alkyl halides is 6. The summed E-state index contributed by atoms with van der Waals surface area (Å²) >= 11 is 0. The molecule has 0 spiro atoms. The van der Waals surface area contributed by atoms with Gasteiger partial charge < -0.3 is 4.13 Å². The quantitative estimate of drug-likeness (QED) is 0.542. The lowest BCUT2D eigenvalue weighted by Gasteiger charge is -2.22. The second kappa shape index (κ2) is 8.18. The predicted molar refractivity (Wildman–Crippen MR) is 75.0 cm³/mol. The Kier molecular flexibility index (Phi) is 7.58. The van der Waals surface area contributed by atoms with E-state index in [4.69, 9.17) is 5.26 Å². The fourth-order valence-corrected chi connectivity index (χ4v) is 2.91. The molecule has 0 unspecified atom stereocenters. The van der Waals surface area contributed by atoms with Crippen LogP contribution < -0.4 is 4.57 Å². The number of hydrogen-bond donors (Lipinski definition) is 0. The van der Waals surface area contributed by atoms with Gasteiger partial charge in [0.25, 0.3) is 0 Å². The number of aryl methyl sites for hydroxylation is 2. The molecule has 0 aliphatic rings. The molecule has 0 saturated carbocycles. The van der Waals surface area contributed by atoms with Gasteiger partial charge in [-0.3, -0.25) is 0 Å². The van der Waals surface area contributed by atoms with Gasteiger partial charge in [-0.25, -0.2) is 16.8 Å². The molecule has 0 aliphatic carbocycles. The summed E-state index contributed by atoms with van der Waals surface area (Å²) in [5, 5.41) is 8.46. The first-order valence-corrected chi connectivity index (χ1v) is 9.03. The molecule has 0 amide bonds. The zero-order valence-corrected chi connectivity index (χ0v) is 14.6. The number of rotatable bonds is 3. The molecule has 0 aliphatic heterocycles. The maximum atomic E-state index is 11.4. The van der Waals surface area contributed by atoms with E-state index >= 15 is 0 Å². The smallest absolute Gasteiger partial charge is 0.421 e. The van der Waals surface area contributed by atoms with E-state index in [-0.39, 0.29) is 0 Å². The maximum absolute atomic E-state index is 11.4. The summed E-state index contributed by atoms with van der Waals surface area (Å²) in [6, 6.07) is 6.18. The lowest BCUT2D eigenvalue weighted by atomic mass is 10.3. The summed E-state index contributed by atoms with van der Waals surface area (Å²) < 4.78 is 111. The van der Waals surface area contributed by atoms with Crippen LogP contribution in [0.5, 0.6) is 0 Å². The second-order valence-corrected chi connectivity index (χ2v) is 7.97. The van der Waals surface area contributed by atoms with Crippen molar-refractivity contribution in [3.8, 4) is 6.07 Å². The van der Waals surface area contributed by atoms with Gasteiger partial charge in [-0.05, 0) is 13.0 Å². The monoisotopic (exact) mass is 427 g/mol. The zero-order chi connectivity index (χ0) is 21.0. The number of halogens is 6. The Morgan fingerprint density at radius 1 is 1.00 bits per heavy atom. The Morgan fingerprint density at radius 2 is 1.42 bits per heavy atom. The van der Waals surface area contributed by atoms with Crippen LogP contribution in [-0.2, 0) is 26.6 Å². The lowest BCUT2D eigenvalue weighted by molar-refractivity contribution is -0.691. The molecule has 15 heteroatoms. The van der Waals surface area contributed by atoms with Gasteiger partial charge in [0.05, 0.1) is 0 Å². The summed E-state index contributed by atoms with van der Waals surface area (Å²) in [5.41, 5.74) is -10.1. The van der Waals surface area contributed by atoms with Gasteiger partial charge >= 0.3 is 11.0 Å². The number of nitrogens with zero attached hydrogens (tertiary/aromatic N) is 3.